The molecule has 26 heavy (non-hydrogen) atoms. The van der Waals surface area contributed by atoms with Crippen LogP contribution in [0.25, 0.3) is 0 Å². The van der Waals surface area contributed by atoms with Crippen LogP contribution in [-0.2, 0) is 16.1 Å². The fourth-order valence-electron chi connectivity index (χ4n) is 2.37. The Bertz CT molecular complexity index is 718. The average molecular weight is 358 g/mol. The van der Waals surface area contributed by atoms with Crippen LogP contribution < -0.4 is 10.6 Å². The number of carbonyl (C=O) groups is 2. The second-order valence-electron chi connectivity index (χ2n) is 6.38. The normalized spacial score (nSPS) is 11.7. The molecule has 1 atom stereocenters. The lowest BCUT2D eigenvalue weighted by Crippen LogP contribution is -2.44. The number of rotatable bonds is 7. The van der Waals surface area contributed by atoms with Gasteiger partial charge in [0.05, 0.1) is 0 Å². The Morgan fingerprint density at radius 2 is 1.69 bits per heavy atom. The van der Waals surface area contributed by atoms with Gasteiger partial charge in [-0.15, -0.1) is 0 Å². The molecule has 0 saturated carbocycles. The van der Waals surface area contributed by atoms with E-state index in [1.165, 1.54) is 24.3 Å². The zero-order valence-electron chi connectivity index (χ0n) is 14.9. The molecule has 0 radical (unpaired) electrons. The largest absolute Gasteiger partial charge is 0.445 e. The van der Waals surface area contributed by atoms with Gasteiger partial charge in [-0.3, -0.25) is 4.79 Å². The molecule has 0 spiro atoms. The van der Waals surface area contributed by atoms with Crippen molar-refractivity contribution in [2.45, 2.75) is 32.9 Å². The zero-order chi connectivity index (χ0) is 18.9. The highest BCUT2D eigenvalue weighted by atomic mass is 19.1. The highest BCUT2D eigenvalue weighted by Crippen LogP contribution is 2.12. The summed E-state index contributed by atoms with van der Waals surface area (Å²) in [5, 5.41) is 5.28. The molecule has 0 aliphatic heterocycles. The smallest absolute Gasteiger partial charge is 0.408 e. The van der Waals surface area contributed by atoms with Crippen molar-refractivity contribution in [2.24, 2.45) is 5.92 Å². The number of halogens is 1. The quantitative estimate of drug-likeness (QED) is 0.783. The number of nitrogens with one attached hydrogen (secondary N) is 2. The van der Waals surface area contributed by atoms with Crippen molar-refractivity contribution < 1.29 is 18.7 Å². The molecule has 0 heterocycles. The maximum Gasteiger partial charge on any atom is 0.408 e. The molecule has 2 amide bonds. The summed E-state index contributed by atoms with van der Waals surface area (Å²) in [6, 6.07) is 14.0. The second-order valence-corrected chi connectivity index (χ2v) is 6.38. The van der Waals surface area contributed by atoms with E-state index in [1.807, 2.05) is 44.2 Å². The molecule has 0 aliphatic rings. The van der Waals surface area contributed by atoms with Crippen molar-refractivity contribution in [3.63, 3.8) is 0 Å². The maximum absolute atomic E-state index is 13.0. The van der Waals surface area contributed by atoms with Gasteiger partial charge in [0.25, 0.3) is 0 Å². The first-order chi connectivity index (χ1) is 12.4. The van der Waals surface area contributed by atoms with Crippen LogP contribution in [-0.4, -0.2) is 18.0 Å². The van der Waals surface area contributed by atoms with Gasteiger partial charge in [0.1, 0.15) is 18.5 Å². The number of benzene rings is 2. The van der Waals surface area contributed by atoms with E-state index < -0.39 is 12.1 Å². The summed E-state index contributed by atoms with van der Waals surface area (Å²) in [4.78, 5) is 24.5. The third-order valence-corrected chi connectivity index (χ3v) is 3.64. The van der Waals surface area contributed by atoms with E-state index in [9.17, 15) is 14.0 Å². The highest BCUT2D eigenvalue weighted by Gasteiger charge is 2.22. The maximum atomic E-state index is 13.0. The fraction of sp³-hybridized carbons (Fsp3) is 0.300. The molecule has 0 aromatic heterocycles. The van der Waals surface area contributed by atoms with E-state index in [0.717, 1.165) is 5.56 Å². The Hall–Kier alpha value is -2.89. The van der Waals surface area contributed by atoms with Gasteiger partial charge < -0.3 is 15.4 Å². The standard InChI is InChI=1S/C20H23FN2O3/c1-14(2)12-18(19(24)22-17-10-8-16(21)9-11-17)23-20(25)26-13-15-6-4-3-5-7-15/h3-11,14,18H,12-13H2,1-2H3,(H,22,24)(H,23,25)/t18-/m0/s1. The van der Waals surface area contributed by atoms with Gasteiger partial charge in [0.2, 0.25) is 5.91 Å². The van der Waals surface area contributed by atoms with Crippen molar-refractivity contribution in [2.75, 3.05) is 5.32 Å². The molecule has 0 saturated heterocycles. The molecule has 6 heteroatoms. The van der Waals surface area contributed by atoms with Gasteiger partial charge in [0, 0.05) is 5.69 Å². The Labute approximate surface area is 152 Å². The molecule has 0 unspecified atom stereocenters. The molecule has 5 nitrogen and oxygen atoms in total. The van der Waals surface area contributed by atoms with E-state index in [4.69, 9.17) is 4.74 Å². The minimum absolute atomic E-state index is 0.126. The van der Waals surface area contributed by atoms with E-state index in [-0.39, 0.29) is 24.2 Å². The third-order valence-electron chi connectivity index (χ3n) is 3.64. The van der Waals surface area contributed by atoms with E-state index >= 15 is 0 Å². The van der Waals surface area contributed by atoms with Crippen LogP contribution in [0.1, 0.15) is 25.8 Å². The van der Waals surface area contributed by atoms with Gasteiger partial charge in [-0.2, -0.15) is 0 Å². The Balaban J connectivity index is 1.93. The number of carbonyl (C=O) groups excluding carboxylic acids is 2. The number of ether oxygens (including phenoxy) is 1. The monoisotopic (exact) mass is 358 g/mol. The summed E-state index contributed by atoms with van der Waals surface area (Å²) in [6.45, 7) is 4.03. The fourth-order valence-corrected chi connectivity index (χ4v) is 2.37. The van der Waals surface area contributed by atoms with Gasteiger partial charge in [-0.25, -0.2) is 9.18 Å². The number of anilines is 1. The highest BCUT2D eigenvalue weighted by molar-refractivity contribution is 5.96. The van der Waals surface area contributed by atoms with Crippen molar-refractivity contribution in [1.82, 2.24) is 5.32 Å². The van der Waals surface area contributed by atoms with Crippen LogP contribution >= 0.6 is 0 Å². The average Bonchev–Trinajstić information content (AvgIpc) is 2.62. The van der Waals surface area contributed by atoms with Gasteiger partial charge in [-0.1, -0.05) is 44.2 Å². The Kier molecular flexibility index (Phi) is 7.14. The molecular weight excluding hydrogens is 335 g/mol. The lowest BCUT2D eigenvalue weighted by Gasteiger charge is -2.20. The van der Waals surface area contributed by atoms with Crippen LogP contribution in [0.15, 0.2) is 54.6 Å². The summed E-state index contributed by atoms with van der Waals surface area (Å²) in [6.07, 6.45) is -0.207. The topological polar surface area (TPSA) is 67.4 Å². The first-order valence-corrected chi connectivity index (χ1v) is 8.47. The first-order valence-electron chi connectivity index (χ1n) is 8.47. The summed E-state index contributed by atoms with van der Waals surface area (Å²) >= 11 is 0. The zero-order valence-corrected chi connectivity index (χ0v) is 14.9. The molecule has 0 bridgehead atoms. The van der Waals surface area contributed by atoms with Crippen molar-refractivity contribution in [1.29, 1.82) is 0 Å². The summed E-state index contributed by atoms with van der Waals surface area (Å²) < 4.78 is 18.1. The molecular formula is C20H23FN2O3. The molecule has 2 aromatic rings. The summed E-state index contributed by atoms with van der Waals surface area (Å²) in [5.74, 6) is -0.570. The number of hydrogen-bond donors (Lipinski definition) is 2. The molecule has 2 aromatic carbocycles. The van der Waals surface area contributed by atoms with Gasteiger partial charge >= 0.3 is 6.09 Å². The molecule has 0 aliphatic carbocycles. The van der Waals surface area contributed by atoms with Crippen LogP contribution in [0.2, 0.25) is 0 Å². The van der Waals surface area contributed by atoms with E-state index in [0.29, 0.717) is 12.1 Å². The van der Waals surface area contributed by atoms with Crippen LogP contribution in [0.3, 0.4) is 0 Å². The van der Waals surface area contributed by atoms with Gasteiger partial charge in [0.15, 0.2) is 0 Å². The van der Waals surface area contributed by atoms with Crippen molar-refractivity contribution >= 4 is 17.7 Å². The van der Waals surface area contributed by atoms with Crippen LogP contribution in [0, 0.1) is 11.7 Å². The second kappa shape index (κ2) is 9.56. The lowest BCUT2D eigenvalue weighted by molar-refractivity contribution is -0.118. The first kappa shape index (κ1) is 19.4. The van der Waals surface area contributed by atoms with Crippen LogP contribution in [0.4, 0.5) is 14.9 Å². The number of amides is 2. The number of hydrogen-bond acceptors (Lipinski definition) is 3. The predicted octanol–water partition coefficient (Wildman–Crippen LogP) is 4.11. The molecule has 0 fully saturated rings. The van der Waals surface area contributed by atoms with Crippen molar-refractivity contribution in [3.05, 3.63) is 66.0 Å². The summed E-state index contributed by atoms with van der Waals surface area (Å²) in [5.41, 5.74) is 1.32. The predicted molar refractivity (Wildman–Crippen MR) is 98.0 cm³/mol. The molecule has 2 rings (SSSR count). The molecule has 2 N–H and O–H groups in total. The lowest BCUT2D eigenvalue weighted by atomic mass is 10.0. The third kappa shape index (κ3) is 6.55. The molecule has 138 valence electrons. The number of alkyl carbamates (subject to hydrolysis) is 1. The minimum atomic E-state index is -0.747. The van der Waals surface area contributed by atoms with Gasteiger partial charge in [-0.05, 0) is 42.2 Å². The van der Waals surface area contributed by atoms with Crippen LogP contribution in [0.5, 0.6) is 0 Å². The SMILES string of the molecule is CC(C)C[C@H](NC(=O)OCc1ccccc1)C(=O)Nc1ccc(F)cc1. The van der Waals surface area contributed by atoms with E-state index in [2.05, 4.69) is 10.6 Å². The van der Waals surface area contributed by atoms with E-state index in [1.54, 1.807) is 0 Å². The Morgan fingerprint density at radius 1 is 1.04 bits per heavy atom. The van der Waals surface area contributed by atoms with Crippen molar-refractivity contribution in [3.8, 4) is 0 Å². The minimum Gasteiger partial charge on any atom is -0.445 e. The summed E-state index contributed by atoms with van der Waals surface area (Å²) in [7, 11) is 0. The Morgan fingerprint density at radius 3 is 2.31 bits per heavy atom.